The lowest BCUT2D eigenvalue weighted by molar-refractivity contribution is 0.0943. The second-order valence-electron chi connectivity index (χ2n) is 5.41. The van der Waals surface area contributed by atoms with Crippen molar-refractivity contribution >= 4 is 10.1 Å². The molecule has 21 heavy (non-hydrogen) atoms. The van der Waals surface area contributed by atoms with Crippen LogP contribution in [-0.2, 0) is 19.0 Å². The maximum absolute atomic E-state index is 12.0. The Labute approximate surface area is 128 Å². The normalized spacial score (nSPS) is 13.3. The summed E-state index contributed by atoms with van der Waals surface area (Å²) in [6, 6.07) is 6.67. The van der Waals surface area contributed by atoms with Crippen LogP contribution in [0.3, 0.4) is 0 Å². The summed E-state index contributed by atoms with van der Waals surface area (Å²) >= 11 is 0. The van der Waals surface area contributed by atoms with Gasteiger partial charge in [-0.2, -0.15) is 8.42 Å². The fraction of sp³-hybridized carbons (Fsp3) is 0.625. The first-order chi connectivity index (χ1) is 9.95. The predicted molar refractivity (Wildman–Crippen MR) is 83.8 cm³/mol. The first-order valence-corrected chi connectivity index (χ1v) is 8.90. The molecule has 0 aliphatic carbocycles. The molecule has 0 aromatic heterocycles. The molecule has 1 aromatic rings. The molecule has 0 amide bonds. The highest BCUT2D eigenvalue weighted by molar-refractivity contribution is 7.86. The van der Waals surface area contributed by atoms with Crippen LogP contribution >= 0.6 is 0 Å². The molecule has 5 heteroatoms. The van der Waals surface area contributed by atoms with Crippen LogP contribution in [0.25, 0.3) is 0 Å². The third-order valence-corrected chi connectivity index (χ3v) is 4.53. The van der Waals surface area contributed by atoms with Gasteiger partial charge in [0, 0.05) is 13.2 Å². The van der Waals surface area contributed by atoms with E-state index < -0.39 is 10.1 Å². The van der Waals surface area contributed by atoms with Crippen molar-refractivity contribution in [2.75, 3.05) is 19.8 Å². The van der Waals surface area contributed by atoms with Gasteiger partial charge in [0.25, 0.3) is 10.1 Å². The summed E-state index contributed by atoms with van der Waals surface area (Å²) in [6.07, 6.45) is 2.84. The quantitative estimate of drug-likeness (QED) is 0.489. The van der Waals surface area contributed by atoms with Gasteiger partial charge in [0.15, 0.2) is 0 Å². The molecule has 0 heterocycles. The molecule has 0 N–H and O–H groups in total. The Bertz CT molecular complexity index is 494. The molecule has 1 unspecified atom stereocenters. The van der Waals surface area contributed by atoms with E-state index in [9.17, 15) is 8.42 Å². The molecule has 0 saturated carbocycles. The SMILES string of the molecule is CCCCOCC(C)CCOS(=O)(=O)c1ccc(C)cc1. The summed E-state index contributed by atoms with van der Waals surface area (Å²) in [6.45, 7) is 7.67. The van der Waals surface area contributed by atoms with Crippen molar-refractivity contribution < 1.29 is 17.3 Å². The summed E-state index contributed by atoms with van der Waals surface area (Å²) in [4.78, 5) is 0.208. The van der Waals surface area contributed by atoms with E-state index in [1.807, 2.05) is 13.8 Å². The standard InChI is InChI=1S/C16H26O4S/c1-4-5-11-19-13-15(3)10-12-20-21(17,18)16-8-6-14(2)7-9-16/h6-9,15H,4-5,10-13H2,1-3H3. The number of hydrogen-bond donors (Lipinski definition) is 0. The maximum Gasteiger partial charge on any atom is 0.296 e. The summed E-state index contributed by atoms with van der Waals surface area (Å²) in [5.74, 6) is 0.287. The van der Waals surface area contributed by atoms with Crippen molar-refractivity contribution in [2.45, 2.75) is 44.9 Å². The number of ether oxygens (including phenoxy) is 1. The lowest BCUT2D eigenvalue weighted by Crippen LogP contribution is -2.13. The minimum Gasteiger partial charge on any atom is -0.381 e. The van der Waals surface area contributed by atoms with Crippen LogP contribution in [0.2, 0.25) is 0 Å². The first-order valence-electron chi connectivity index (χ1n) is 7.49. The van der Waals surface area contributed by atoms with Crippen LogP contribution in [0.15, 0.2) is 29.2 Å². The van der Waals surface area contributed by atoms with Gasteiger partial charge in [-0.3, -0.25) is 4.18 Å². The fourth-order valence-corrected chi connectivity index (χ4v) is 2.67. The summed E-state index contributed by atoms with van der Waals surface area (Å²) in [5, 5.41) is 0. The lowest BCUT2D eigenvalue weighted by Gasteiger charge is -2.12. The van der Waals surface area contributed by atoms with Crippen molar-refractivity contribution in [1.82, 2.24) is 0 Å². The van der Waals surface area contributed by atoms with E-state index >= 15 is 0 Å². The van der Waals surface area contributed by atoms with Gasteiger partial charge in [-0.15, -0.1) is 0 Å². The highest BCUT2D eigenvalue weighted by Gasteiger charge is 2.15. The zero-order chi connectivity index (χ0) is 15.7. The third kappa shape index (κ3) is 7.07. The molecule has 0 radical (unpaired) electrons. The molecule has 0 aliphatic heterocycles. The topological polar surface area (TPSA) is 52.6 Å². The average molecular weight is 314 g/mol. The molecule has 0 fully saturated rings. The van der Waals surface area contributed by atoms with Crippen LogP contribution in [0, 0.1) is 12.8 Å². The van der Waals surface area contributed by atoms with Gasteiger partial charge in [0.05, 0.1) is 11.5 Å². The Morgan fingerprint density at radius 1 is 1.14 bits per heavy atom. The fourth-order valence-electron chi connectivity index (χ4n) is 1.75. The van der Waals surface area contributed by atoms with Gasteiger partial charge in [0.1, 0.15) is 0 Å². The Kier molecular flexibility index (Phi) is 7.93. The molecular weight excluding hydrogens is 288 g/mol. The van der Waals surface area contributed by atoms with E-state index in [1.54, 1.807) is 24.3 Å². The third-order valence-electron chi connectivity index (χ3n) is 3.20. The van der Waals surface area contributed by atoms with Gasteiger partial charge in [-0.25, -0.2) is 0 Å². The van der Waals surface area contributed by atoms with Gasteiger partial charge in [-0.05, 0) is 37.8 Å². The van der Waals surface area contributed by atoms with Gasteiger partial charge in [-0.1, -0.05) is 38.0 Å². The molecule has 1 atom stereocenters. The number of rotatable bonds is 10. The first kappa shape index (κ1) is 18.1. The van der Waals surface area contributed by atoms with E-state index in [0.717, 1.165) is 25.0 Å². The largest absolute Gasteiger partial charge is 0.381 e. The van der Waals surface area contributed by atoms with Gasteiger partial charge in [0.2, 0.25) is 0 Å². The van der Waals surface area contributed by atoms with Gasteiger partial charge < -0.3 is 4.74 Å². The summed E-state index contributed by atoms with van der Waals surface area (Å²) in [5.41, 5.74) is 1.02. The van der Waals surface area contributed by atoms with Crippen LogP contribution in [-0.4, -0.2) is 28.2 Å². The molecule has 4 nitrogen and oxygen atoms in total. The van der Waals surface area contributed by atoms with E-state index in [-0.39, 0.29) is 17.4 Å². The molecular formula is C16H26O4S. The Hall–Kier alpha value is -0.910. The van der Waals surface area contributed by atoms with E-state index in [1.165, 1.54) is 0 Å². The van der Waals surface area contributed by atoms with E-state index in [2.05, 4.69) is 6.92 Å². The summed E-state index contributed by atoms with van der Waals surface area (Å²) in [7, 11) is -3.64. The van der Waals surface area contributed by atoms with Crippen molar-refractivity contribution in [3.63, 3.8) is 0 Å². The second kappa shape index (κ2) is 9.18. The minimum atomic E-state index is -3.64. The van der Waals surface area contributed by atoms with Crippen LogP contribution in [0.5, 0.6) is 0 Å². The summed E-state index contributed by atoms with van der Waals surface area (Å²) < 4.78 is 34.5. The van der Waals surface area contributed by atoms with Crippen molar-refractivity contribution in [2.24, 2.45) is 5.92 Å². The molecule has 0 bridgehead atoms. The van der Waals surface area contributed by atoms with Crippen LogP contribution in [0.1, 0.15) is 38.7 Å². The molecule has 1 aromatic carbocycles. The molecule has 120 valence electrons. The Morgan fingerprint density at radius 3 is 2.43 bits per heavy atom. The molecule has 0 spiro atoms. The Morgan fingerprint density at radius 2 is 1.81 bits per heavy atom. The molecule has 0 aliphatic rings. The number of unbranched alkanes of at least 4 members (excludes halogenated alkanes) is 1. The lowest BCUT2D eigenvalue weighted by atomic mass is 10.1. The highest BCUT2D eigenvalue weighted by Crippen LogP contribution is 2.14. The van der Waals surface area contributed by atoms with E-state index in [0.29, 0.717) is 13.0 Å². The van der Waals surface area contributed by atoms with Crippen molar-refractivity contribution in [3.05, 3.63) is 29.8 Å². The van der Waals surface area contributed by atoms with E-state index in [4.69, 9.17) is 8.92 Å². The smallest absolute Gasteiger partial charge is 0.296 e. The monoisotopic (exact) mass is 314 g/mol. The van der Waals surface area contributed by atoms with Gasteiger partial charge >= 0.3 is 0 Å². The molecule has 0 saturated heterocycles. The minimum absolute atomic E-state index is 0.189. The highest BCUT2D eigenvalue weighted by atomic mass is 32.2. The zero-order valence-electron chi connectivity index (χ0n) is 13.2. The Balaban J connectivity index is 2.32. The second-order valence-corrected chi connectivity index (χ2v) is 7.03. The number of benzene rings is 1. The van der Waals surface area contributed by atoms with Crippen LogP contribution in [0.4, 0.5) is 0 Å². The maximum atomic E-state index is 12.0. The van der Waals surface area contributed by atoms with Crippen LogP contribution < -0.4 is 0 Å². The molecule has 1 rings (SSSR count). The number of aryl methyl sites for hydroxylation is 1. The average Bonchev–Trinajstić information content (AvgIpc) is 2.44. The predicted octanol–water partition coefficient (Wildman–Crippen LogP) is 3.54. The number of hydrogen-bond acceptors (Lipinski definition) is 4. The zero-order valence-corrected chi connectivity index (χ0v) is 14.0. The van der Waals surface area contributed by atoms with Crippen molar-refractivity contribution in [1.29, 1.82) is 0 Å². The van der Waals surface area contributed by atoms with Crippen molar-refractivity contribution in [3.8, 4) is 0 Å².